The van der Waals surface area contributed by atoms with Crippen LogP contribution in [0.2, 0.25) is 0 Å². The fourth-order valence-electron chi connectivity index (χ4n) is 10.1. The Hall–Kier alpha value is -1.68. The highest BCUT2D eigenvalue weighted by Gasteiger charge is 2.73. The van der Waals surface area contributed by atoms with E-state index in [2.05, 4.69) is 81.0 Å². The van der Waals surface area contributed by atoms with E-state index in [1.807, 2.05) is 0 Å². The zero-order valence-corrected chi connectivity index (χ0v) is 27.3. The molecule has 0 saturated heterocycles. The fraction of sp³-hybridized carbons (Fsp3) is 0.778. The van der Waals surface area contributed by atoms with Crippen molar-refractivity contribution in [3.8, 4) is 0 Å². The number of esters is 1. The summed E-state index contributed by atoms with van der Waals surface area (Å²) in [4.78, 5) is 26.0. The van der Waals surface area contributed by atoms with E-state index in [-0.39, 0.29) is 57.0 Å². The van der Waals surface area contributed by atoms with Crippen LogP contribution in [0.15, 0.2) is 35.5 Å². The maximum absolute atomic E-state index is 13.4. The molecule has 4 nitrogen and oxygen atoms in total. The van der Waals surface area contributed by atoms with Crippen molar-refractivity contribution < 1.29 is 19.4 Å². The highest BCUT2D eigenvalue weighted by Crippen LogP contribution is 2.77. The predicted octanol–water partition coefficient (Wildman–Crippen LogP) is 8.39. The molecular formula is C36H56O4. The first-order valence-corrected chi connectivity index (χ1v) is 15.7. The van der Waals surface area contributed by atoms with Crippen molar-refractivity contribution in [1.29, 1.82) is 0 Å². The number of aliphatic hydroxyl groups is 1. The maximum atomic E-state index is 13.4. The minimum absolute atomic E-state index is 0.0983. The third kappa shape index (κ3) is 3.86. The molecule has 40 heavy (non-hydrogen) atoms. The molecular weight excluding hydrogens is 496 g/mol. The van der Waals surface area contributed by atoms with Crippen molar-refractivity contribution in [2.75, 3.05) is 0 Å². The fourth-order valence-corrected chi connectivity index (χ4v) is 10.1. The lowest BCUT2D eigenvalue weighted by Gasteiger charge is -2.67. The van der Waals surface area contributed by atoms with E-state index in [0.717, 1.165) is 38.5 Å². The van der Waals surface area contributed by atoms with Gasteiger partial charge in [0.25, 0.3) is 0 Å². The van der Waals surface area contributed by atoms with E-state index in [1.165, 1.54) is 23.6 Å². The van der Waals surface area contributed by atoms with Gasteiger partial charge in [-0.3, -0.25) is 9.59 Å². The zero-order chi connectivity index (χ0) is 30.3. The van der Waals surface area contributed by atoms with Crippen LogP contribution in [-0.2, 0) is 14.3 Å². The first-order chi connectivity index (χ1) is 18.2. The molecule has 0 spiro atoms. The van der Waals surface area contributed by atoms with Crippen LogP contribution in [0.4, 0.5) is 0 Å². The third-order valence-electron chi connectivity index (χ3n) is 14.1. The average molecular weight is 553 g/mol. The van der Waals surface area contributed by atoms with Crippen LogP contribution >= 0.6 is 0 Å². The van der Waals surface area contributed by atoms with Gasteiger partial charge >= 0.3 is 5.97 Å². The second-order valence-electron chi connectivity index (χ2n) is 15.9. The number of fused-ring (bicyclic) bond motifs is 5. The number of aliphatic hydroxyl groups excluding tert-OH is 1. The molecule has 224 valence electrons. The molecule has 0 aromatic heterocycles. The van der Waals surface area contributed by atoms with Crippen LogP contribution < -0.4 is 0 Å². The molecule has 0 aromatic carbocycles. The molecule has 0 radical (unpaired) electrons. The number of hydrogen-bond donors (Lipinski definition) is 1. The summed E-state index contributed by atoms with van der Waals surface area (Å²) in [6, 6.07) is 0. The van der Waals surface area contributed by atoms with Gasteiger partial charge in [0.15, 0.2) is 0 Å². The summed E-state index contributed by atoms with van der Waals surface area (Å²) < 4.78 is 6.26. The average Bonchev–Trinajstić information content (AvgIpc) is 3.01. The Morgan fingerprint density at radius 1 is 1.00 bits per heavy atom. The molecule has 4 heteroatoms. The molecule has 0 unspecified atom stereocenters. The van der Waals surface area contributed by atoms with Crippen molar-refractivity contribution in [3.05, 3.63) is 35.5 Å². The molecule has 0 aromatic rings. The van der Waals surface area contributed by atoms with E-state index in [0.29, 0.717) is 12.3 Å². The first-order valence-electron chi connectivity index (χ1n) is 15.7. The van der Waals surface area contributed by atoms with Crippen molar-refractivity contribution in [3.63, 3.8) is 0 Å². The number of carbonyl (C=O) groups is 2. The number of carbonyl (C=O) groups excluding carboxylic acids is 2. The van der Waals surface area contributed by atoms with Crippen LogP contribution in [0.1, 0.15) is 121 Å². The molecule has 0 bridgehead atoms. The molecule has 8 atom stereocenters. The topological polar surface area (TPSA) is 63.6 Å². The van der Waals surface area contributed by atoms with Gasteiger partial charge in [0.1, 0.15) is 11.9 Å². The summed E-state index contributed by atoms with van der Waals surface area (Å²) in [5.41, 5.74) is 2.40. The minimum atomic E-state index is -0.426. The van der Waals surface area contributed by atoms with Gasteiger partial charge in [-0.25, -0.2) is 0 Å². The number of ketones is 1. The van der Waals surface area contributed by atoms with Gasteiger partial charge in [-0.2, -0.15) is 0 Å². The smallest absolute Gasteiger partial charge is 0.302 e. The lowest BCUT2D eigenvalue weighted by molar-refractivity contribution is -0.157. The number of rotatable bonds is 7. The van der Waals surface area contributed by atoms with E-state index in [9.17, 15) is 14.7 Å². The van der Waals surface area contributed by atoms with Gasteiger partial charge in [0.2, 0.25) is 0 Å². The molecule has 4 aliphatic carbocycles. The number of ether oxygens (including phenoxy) is 1. The van der Waals surface area contributed by atoms with E-state index in [1.54, 1.807) is 6.92 Å². The lowest BCUT2D eigenvalue weighted by Crippen LogP contribution is -2.61. The molecule has 0 amide bonds. The van der Waals surface area contributed by atoms with Crippen LogP contribution in [-0.4, -0.2) is 29.1 Å². The summed E-state index contributed by atoms with van der Waals surface area (Å²) in [5.74, 6) is 0.216. The normalized spacial score (nSPS) is 42.6. The first kappa shape index (κ1) is 31.3. The van der Waals surface area contributed by atoms with Gasteiger partial charge in [0.05, 0.1) is 6.10 Å². The number of hydrogen-bond acceptors (Lipinski definition) is 4. The molecule has 0 aliphatic heterocycles. The summed E-state index contributed by atoms with van der Waals surface area (Å²) in [6.45, 7) is 28.2. The van der Waals surface area contributed by atoms with Crippen LogP contribution in [0, 0.1) is 44.3 Å². The van der Waals surface area contributed by atoms with Gasteiger partial charge in [-0.15, -0.1) is 0 Å². The second kappa shape index (κ2) is 9.68. The zero-order valence-electron chi connectivity index (χ0n) is 27.3. The van der Waals surface area contributed by atoms with Crippen molar-refractivity contribution in [2.24, 2.45) is 44.3 Å². The Labute approximate surface area is 244 Å². The van der Waals surface area contributed by atoms with E-state index in [4.69, 9.17) is 4.74 Å². The quantitative estimate of drug-likeness (QED) is 0.254. The molecule has 4 rings (SSSR count). The Morgan fingerprint density at radius 3 is 2.12 bits per heavy atom. The Bertz CT molecular complexity index is 1160. The Morgan fingerprint density at radius 2 is 1.57 bits per heavy atom. The second-order valence-corrected chi connectivity index (χ2v) is 15.9. The highest BCUT2D eigenvalue weighted by atomic mass is 16.5. The van der Waals surface area contributed by atoms with Gasteiger partial charge < -0.3 is 9.84 Å². The van der Waals surface area contributed by atoms with Crippen LogP contribution in [0.25, 0.3) is 0 Å². The van der Waals surface area contributed by atoms with Crippen molar-refractivity contribution >= 4 is 11.8 Å². The van der Waals surface area contributed by atoms with Gasteiger partial charge in [0, 0.05) is 18.3 Å². The summed E-state index contributed by atoms with van der Waals surface area (Å²) in [7, 11) is 0. The molecule has 4 aliphatic rings. The van der Waals surface area contributed by atoms with E-state index < -0.39 is 5.41 Å². The largest absolute Gasteiger partial charge is 0.462 e. The summed E-state index contributed by atoms with van der Waals surface area (Å²) in [6.07, 6.45) is 10.0. The summed E-state index contributed by atoms with van der Waals surface area (Å²) in [5, 5.41) is 11.1. The molecule has 2 saturated carbocycles. The van der Waals surface area contributed by atoms with Gasteiger partial charge in [-0.1, -0.05) is 86.6 Å². The van der Waals surface area contributed by atoms with E-state index >= 15 is 0 Å². The lowest BCUT2D eigenvalue weighted by atomic mass is 9.38. The Balaban J connectivity index is 1.88. The standard InChI is InChI=1S/C36H56O4/c1-22(2)23(3)13-14-26(24(4)37)33(9)21-30(40-25(5)38)36(12)28-16-19-34(10)31(6,7)29(39)17-18-32(34,8)27(28)15-20-35(33,36)11/h15-16,22,26,29-30,39H,3,13-14,17-21H2,1-2,4-12H3/t26-,29-,30-,32+,33+,34-,35+,36+/m0/s1. The van der Waals surface area contributed by atoms with Crippen LogP contribution in [0.3, 0.4) is 0 Å². The highest BCUT2D eigenvalue weighted by molar-refractivity contribution is 5.79. The molecule has 2 fully saturated rings. The summed E-state index contributed by atoms with van der Waals surface area (Å²) >= 11 is 0. The maximum Gasteiger partial charge on any atom is 0.302 e. The van der Waals surface area contributed by atoms with Gasteiger partial charge in [-0.05, 0) is 96.0 Å². The number of Topliss-reactive ketones (excluding diaryl/α,β-unsaturated/α-hetero) is 1. The Kier molecular flexibility index (Phi) is 7.56. The van der Waals surface area contributed by atoms with Crippen LogP contribution in [0.5, 0.6) is 0 Å². The molecule has 1 N–H and O–H groups in total. The SMILES string of the molecule is C=C(CC[C@@H](C(C)=O)[C@@]1(C)C[C@H](OC(C)=O)[C@@]2(C)C3=CC[C@@]4(C)C(C)(C)[C@@H](O)CC[C@]4(C)C3=CC[C@]12C)C(C)C. The minimum Gasteiger partial charge on any atom is -0.462 e. The number of allylic oxidation sites excluding steroid dienone is 4. The third-order valence-corrected chi connectivity index (χ3v) is 14.1. The predicted molar refractivity (Wildman–Crippen MR) is 163 cm³/mol. The monoisotopic (exact) mass is 552 g/mol. The van der Waals surface area contributed by atoms with Crippen molar-refractivity contribution in [2.45, 2.75) is 133 Å². The molecule has 0 heterocycles. The van der Waals surface area contributed by atoms with Crippen molar-refractivity contribution in [1.82, 2.24) is 0 Å².